The van der Waals surface area contributed by atoms with Crippen LogP contribution in [0.15, 0.2) is 0 Å². The molecule has 302 valence electrons. The number of hydrogen-bond donors (Lipinski definition) is 1. The summed E-state index contributed by atoms with van der Waals surface area (Å²) in [7, 11) is 0. The molecule has 0 aromatic heterocycles. The zero-order valence-electron chi connectivity index (χ0n) is 32.9. The third-order valence-corrected chi connectivity index (χ3v) is 10.8. The van der Waals surface area contributed by atoms with Gasteiger partial charge in [0.05, 0.1) is 16.2 Å². The Morgan fingerprint density at radius 2 is 1.12 bits per heavy atom. The van der Waals surface area contributed by atoms with Crippen LogP contribution in [0.25, 0.3) is 0 Å². The van der Waals surface area contributed by atoms with E-state index in [9.17, 15) is 45.8 Å². The lowest BCUT2D eigenvalue weighted by Gasteiger charge is -2.37. The molecule has 0 aromatic rings. The Bertz CT molecular complexity index is 1070. The number of ether oxygens (including phenoxy) is 3. The molecule has 0 aliphatic heterocycles. The van der Waals surface area contributed by atoms with E-state index in [2.05, 4.69) is 11.7 Å². The summed E-state index contributed by atoms with van der Waals surface area (Å²) in [6.45, 7) is 17.4. The highest BCUT2D eigenvalue weighted by Crippen LogP contribution is 2.40. The molecule has 0 aromatic carbocycles. The molecule has 2 unspecified atom stereocenters. The summed E-state index contributed by atoms with van der Waals surface area (Å²) in [6, 6.07) is 0. The molecule has 0 amide bonds. The molecular formula is C38H66F6O7. The van der Waals surface area contributed by atoms with E-state index >= 15 is 0 Å². The SMILES string of the molecule is CCC(C)(C)C(=O)OC(CC(C)(O)C(F)(F)F)C1CCCCC1.CCC(C)(C)C(=O)OCC(F)(F)F.CCC1(OC(=O)C(C)(C)CC)CCCC1. The van der Waals surface area contributed by atoms with Crippen LogP contribution >= 0.6 is 0 Å². The third kappa shape index (κ3) is 16.7. The van der Waals surface area contributed by atoms with Crippen LogP contribution < -0.4 is 0 Å². The topological polar surface area (TPSA) is 99.1 Å². The van der Waals surface area contributed by atoms with Crippen LogP contribution in [0.1, 0.15) is 166 Å². The van der Waals surface area contributed by atoms with Crippen molar-refractivity contribution in [2.75, 3.05) is 6.61 Å². The summed E-state index contributed by atoms with van der Waals surface area (Å²) in [5.41, 5.74) is -4.90. The van der Waals surface area contributed by atoms with Crippen molar-refractivity contribution >= 4 is 17.9 Å². The summed E-state index contributed by atoms with van der Waals surface area (Å²) in [6.07, 6.45) is 0.958. The maximum absolute atomic E-state index is 13.0. The van der Waals surface area contributed by atoms with E-state index < -0.39 is 59.9 Å². The van der Waals surface area contributed by atoms with E-state index in [0.29, 0.717) is 12.8 Å². The van der Waals surface area contributed by atoms with Gasteiger partial charge in [0.2, 0.25) is 0 Å². The van der Waals surface area contributed by atoms with Gasteiger partial charge >= 0.3 is 30.3 Å². The van der Waals surface area contributed by atoms with Gasteiger partial charge in [-0.1, -0.05) is 47.0 Å². The highest BCUT2D eigenvalue weighted by atomic mass is 19.4. The molecule has 0 saturated heterocycles. The first-order chi connectivity index (χ1) is 23.0. The molecular weight excluding hydrogens is 682 g/mol. The maximum atomic E-state index is 13.0. The number of carbonyl (C=O) groups is 3. The molecule has 51 heavy (non-hydrogen) atoms. The summed E-state index contributed by atoms with van der Waals surface area (Å²) < 4.78 is 89.3. The number of alkyl halides is 6. The summed E-state index contributed by atoms with van der Waals surface area (Å²) in [4.78, 5) is 35.3. The predicted molar refractivity (Wildman–Crippen MR) is 185 cm³/mol. The standard InChI is InChI=1S/C17H29F3O3.C13H24O2.C8H13F3O2/c1-5-15(2,3)14(21)23-13(12-9-7-6-8-10-12)11-16(4,22)17(18,19)20;1-5-12(3,4)11(14)15-13(6-2)9-7-8-10-13;1-4-7(2,3)6(12)13-5-8(9,10)11/h12-13,22H,5-11H2,1-4H3;5-10H2,1-4H3;4-5H2,1-3H3. The van der Waals surface area contributed by atoms with Crippen LogP contribution in [-0.2, 0) is 28.6 Å². The van der Waals surface area contributed by atoms with Crippen molar-refractivity contribution in [3.8, 4) is 0 Å². The minimum atomic E-state index is -4.74. The van der Waals surface area contributed by atoms with Gasteiger partial charge in [0.1, 0.15) is 11.7 Å². The fourth-order valence-electron chi connectivity index (χ4n) is 5.27. The fourth-order valence-corrected chi connectivity index (χ4v) is 5.27. The number of rotatable bonds is 13. The Morgan fingerprint density at radius 3 is 1.51 bits per heavy atom. The lowest BCUT2D eigenvalue weighted by molar-refractivity contribution is -0.264. The van der Waals surface area contributed by atoms with Crippen molar-refractivity contribution in [1.29, 1.82) is 0 Å². The van der Waals surface area contributed by atoms with Gasteiger partial charge in [-0.2, -0.15) is 26.3 Å². The quantitative estimate of drug-likeness (QED) is 0.114. The normalized spacial score (nSPS) is 18.9. The van der Waals surface area contributed by atoms with Gasteiger partial charge in [-0.25, -0.2) is 0 Å². The second-order valence-corrected chi connectivity index (χ2v) is 16.4. The zero-order chi connectivity index (χ0) is 40.1. The zero-order valence-corrected chi connectivity index (χ0v) is 32.9. The third-order valence-electron chi connectivity index (χ3n) is 10.8. The van der Waals surface area contributed by atoms with Gasteiger partial charge < -0.3 is 19.3 Å². The highest BCUT2D eigenvalue weighted by molar-refractivity contribution is 5.77. The van der Waals surface area contributed by atoms with Gasteiger partial charge in [-0.3, -0.25) is 14.4 Å². The predicted octanol–water partition coefficient (Wildman–Crippen LogP) is 10.8. The first-order valence-electron chi connectivity index (χ1n) is 18.5. The Kier molecular flexibility index (Phi) is 19.1. The van der Waals surface area contributed by atoms with Crippen LogP contribution in [-0.4, -0.2) is 59.3 Å². The van der Waals surface area contributed by atoms with Crippen molar-refractivity contribution < 1.29 is 60.0 Å². The van der Waals surface area contributed by atoms with E-state index in [-0.39, 0.29) is 22.9 Å². The monoisotopic (exact) mass is 748 g/mol. The number of esters is 3. The molecule has 0 radical (unpaired) electrons. The van der Waals surface area contributed by atoms with E-state index in [1.807, 2.05) is 27.7 Å². The minimum absolute atomic E-state index is 0.0197. The molecule has 13 heteroatoms. The molecule has 2 saturated carbocycles. The molecule has 0 spiro atoms. The van der Waals surface area contributed by atoms with Crippen LogP contribution in [0, 0.1) is 22.2 Å². The average molecular weight is 749 g/mol. The van der Waals surface area contributed by atoms with Gasteiger partial charge in [0, 0.05) is 6.42 Å². The van der Waals surface area contributed by atoms with Gasteiger partial charge in [0.25, 0.3) is 0 Å². The van der Waals surface area contributed by atoms with Gasteiger partial charge in [-0.15, -0.1) is 0 Å². The van der Waals surface area contributed by atoms with E-state index in [0.717, 1.165) is 64.7 Å². The molecule has 1 N–H and O–H groups in total. The summed E-state index contributed by atoms with van der Waals surface area (Å²) in [5, 5.41) is 9.81. The Balaban J connectivity index is 0.000000777. The van der Waals surface area contributed by atoms with Gasteiger partial charge in [0.15, 0.2) is 12.2 Å². The lowest BCUT2D eigenvalue weighted by Crippen LogP contribution is -2.48. The average Bonchev–Trinajstić information content (AvgIpc) is 3.52. The number of halogens is 6. The molecule has 2 aliphatic rings. The number of aliphatic hydroxyl groups is 1. The smallest absolute Gasteiger partial charge is 0.422 e. The Morgan fingerprint density at radius 1 is 0.686 bits per heavy atom. The number of carbonyl (C=O) groups excluding carboxylic acids is 3. The fraction of sp³-hybridized carbons (Fsp3) is 0.921. The summed E-state index contributed by atoms with van der Waals surface area (Å²) >= 11 is 0. The maximum Gasteiger partial charge on any atom is 0.422 e. The molecule has 0 bridgehead atoms. The van der Waals surface area contributed by atoms with E-state index in [1.54, 1.807) is 34.6 Å². The van der Waals surface area contributed by atoms with Gasteiger partial charge in [-0.05, 0) is 119 Å². The Hall–Kier alpha value is -2.05. The first kappa shape index (κ1) is 49.0. The largest absolute Gasteiger partial charge is 0.462 e. The van der Waals surface area contributed by atoms with Crippen molar-refractivity contribution in [3.63, 3.8) is 0 Å². The highest BCUT2D eigenvalue weighted by Gasteiger charge is 2.52. The first-order valence-corrected chi connectivity index (χ1v) is 18.5. The molecule has 2 atom stereocenters. The van der Waals surface area contributed by atoms with Crippen molar-refractivity contribution in [1.82, 2.24) is 0 Å². The molecule has 0 heterocycles. The minimum Gasteiger partial charge on any atom is -0.462 e. The number of hydrogen-bond acceptors (Lipinski definition) is 7. The van der Waals surface area contributed by atoms with Crippen LogP contribution in [0.2, 0.25) is 0 Å². The molecule has 2 fully saturated rings. The second-order valence-electron chi connectivity index (χ2n) is 16.4. The van der Waals surface area contributed by atoms with Crippen molar-refractivity contribution in [2.45, 2.75) is 196 Å². The van der Waals surface area contributed by atoms with E-state index in [4.69, 9.17) is 9.47 Å². The molecule has 2 aliphatic carbocycles. The van der Waals surface area contributed by atoms with Crippen molar-refractivity contribution in [3.05, 3.63) is 0 Å². The van der Waals surface area contributed by atoms with Crippen molar-refractivity contribution in [2.24, 2.45) is 22.2 Å². The molecule has 7 nitrogen and oxygen atoms in total. The Labute approximate surface area is 302 Å². The second kappa shape index (κ2) is 19.9. The van der Waals surface area contributed by atoms with Crippen LogP contribution in [0.3, 0.4) is 0 Å². The summed E-state index contributed by atoms with van der Waals surface area (Å²) in [5.74, 6) is -1.44. The molecule has 2 rings (SSSR count). The van der Waals surface area contributed by atoms with E-state index in [1.165, 1.54) is 12.8 Å². The van der Waals surface area contributed by atoms with Crippen LogP contribution in [0.4, 0.5) is 26.3 Å². The lowest BCUT2D eigenvalue weighted by atomic mass is 9.80. The van der Waals surface area contributed by atoms with Crippen LogP contribution in [0.5, 0.6) is 0 Å².